The van der Waals surface area contributed by atoms with Gasteiger partial charge in [-0.1, -0.05) is 97.1 Å². The van der Waals surface area contributed by atoms with Crippen molar-refractivity contribution in [3.63, 3.8) is 0 Å². The molecule has 316 valence electrons. The van der Waals surface area contributed by atoms with Crippen molar-refractivity contribution in [1.29, 1.82) is 0 Å². The van der Waals surface area contributed by atoms with Crippen molar-refractivity contribution in [2.45, 2.75) is 55.4 Å². The molecule has 0 atom stereocenters. The van der Waals surface area contributed by atoms with Gasteiger partial charge in [-0.3, -0.25) is 0 Å². The Kier molecular flexibility index (Phi) is 7.35. The number of rotatable bonds is 4. The number of aryl methyl sites for hydroxylation is 8. The van der Waals surface area contributed by atoms with Crippen LogP contribution >= 0.6 is 0 Å². The fourth-order valence-electron chi connectivity index (χ4n) is 12.7. The van der Waals surface area contributed by atoms with Crippen molar-refractivity contribution in [2.24, 2.45) is 0 Å². The van der Waals surface area contributed by atoms with Crippen molar-refractivity contribution < 1.29 is 0 Å². The summed E-state index contributed by atoms with van der Waals surface area (Å²) in [6, 6.07) is 54.2. The molecule has 8 aromatic carbocycles. The van der Waals surface area contributed by atoms with Crippen molar-refractivity contribution >= 4 is 87.0 Å². The zero-order chi connectivity index (χ0) is 44.6. The molecular formula is C62H48N4. The highest BCUT2D eigenvalue weighted by atomic mass is 15.0. The Bertz CT molecular complexity index is 4000. The molecule has 0 saturated heterocycles. The van der Waals surface area contributed by atoms with E-state index in [0.29, 0.717) is 0 Å². The molecule has 0 N–H and O–H groups in total. The summed E-state index contributed by atoms with van der Waals surface area (Å²) in [4.78, 5) is 0. The second-order valence-electron chi connectivity index (χ2n) is 19.0. The highest BCUT2D eigenvalue weighted by molar-refractivity contribution is 6.38. The highest BCUT2D eigenvalue weighted by Gasteiger charge is 2.32. The molecule has 0 fully saturated rings. The number of aromatic nitrogens is 4. The molecule has 0 unspecified atom stereocenters. The first-order valence-electron chi connectivity index (χ1n) is 23.4. The van der Waals surface area contributed by atoms with Gasteiger partial charge in [0.25, 0.3) is 0 Å². The molecule has 0 radical (unpaired) electrons. The number of para-hydroxylation sites is 4. The van der Waals surface area contributed by atoms with E-state index in [0.717, 1.165) is 0 Å². The van der Waals surface area contributed by atoms with Crippen LogP contribution in [0.25, 0.3) is 121 Å². The fraction of sp³-hybridized carbons (Fsp3) is 0.129. The molecule has 4 heteroatoms. The maximum atomic E-state index is 2.57. The topological polar surface area (TPSA) is 18.7 Å². The van der Waals surface area contributed by atoms with E-state index in [1.54, 1.807) is 0 Å². The first-order valence-corrected chi connectivity index (χ1v) is 23.4. The van der Waals surface area contributed by atoms with Crippen LogP contribution in [-0.2, 0) is 0 Å². The first-order chi connectivity index (χ1) is 32.2. The lowest BCUT2D eigenvalue weighted by Gasteiger charge is -2.20. The molecule has 0 aliphatic heterocycles. The zero-order valence-electron chi connectivity index (χ0n) is 38.6. The van der Waals surface area contributed by atoms with E-state index in [-0.39, 0.29) is 0 Å². The van der Waals surface area contributed by atoms with Gasteiger partial charge >= 0.3 is 0 Å². The van der Waals surface area contributed by atoms with Gasteiger partial charge in [-0.25, -0.2) is 0 Å². The maximum Gasteiger partial charge on any atom is 0.0619 e. The normalized spacial score (nSPS) is 12.5. The van der Waals surface area contributed by atoms with Crippen LogP contribution in [-0.4, -0.2) is 17.9 Å². The molecule has 0 aliphatic carbocycles. The summed E-state index contributed by atoms with van der Waals surface area (Å²) in [6.07, 6.45) is 0. The molecule has 0 bridgehead atoms. The Hall–Kier alpha value is -7.82. The molecule has 0 amide bonds. The summed E-state index contributed by atoms with van der Waals surface area (Å²) in [5, 5.41) is 13.3. The SMILES string of the molecule is Cc1c(C)n2c(C)c(C)c3c4c(-c5ccc(-n6c7ccccc7c7ccccc76)cc5)c5c(C)c(C)n6c(C)c(C)c(c4c(-c4ccc(-n7c8ccccc8c8ccccc87)cc4)c1c32)c56. The summed E-state index contributed by atoms with van der Waals surface area (Å²) < 4.78 is 10.0. The number of benzene rings is 8. The summed E-state index contributed by atoms with van der Waals surface area (Å²) in [6.45, 7) is 18.7. The Morgan fingerprint density at radius 1 is 0.273 bits per heavy atom. The van der Waals surface area contributed by atoms with Crippen LogP contribution in [0.15, 0.2) is 146 Å². The lowest BCUT2D eigenvalue weighted by atomic mass is 9.82. The van der Waals surface area contributed by atoms with E-state index in [4.69, 9.17) is 0 Å². The average molecular weight is 849 g/mol. The van der Waals surface area contributed by atoms with Crippen LogP contribution in [0, 0.1) is 55.4 Å². The van der Waals surface area contributed by atoms with Crippen LogP contribution in [0.5, 0.6) is 0 Å². The van der Waals surface area contributed by atoms with Gasteiger partial charge in [-0.15, -0.1) is 0 Å². The lowest BCUT2D eigenvalue weighted by Crippen LogP contribution is -1.96. The zero-order valence-corrected chi connectivity index (χ0v) is 38.6. The molecule has 66 heavy (non-hydrogen) atoms. The maximum absolute atomic E-state index is 2.57. The van der Waals surface area contributed by atoms with E-state index >= 15 is 0 Å². The van der Waals surface area contributed by atoms with Crippen LogP contribution in [0.1, 0.15) is 45.0 Å². The molecule has 14 aromatic rings. The number of fused-ring (bicyclic) bond motifs is 9. The standard InChI is InChI=1S/C62H48N4/c1-33-37(5)63-39(7)35(3)55-60-58(42-27-31-44(32-28-42)66-51-23-15-11-19-47(51)48-20-12-16-24-52(48)66)54-34(2)38(6)64-40(8)36(4)56(62(54)64)59(60)57(53(33)61(55)63)41-25-29-43(30-26-41)65-49-21-13-9-17-45(49)46-18-10-14-22-50(46)65/h9-32H,1-8H3. The number of hydrogen-bond donors (Lipinski definition) is 0. The summed E-state index contributed by atoms with van der Waals surface area (Å²) in [5.41, 5.74) is 25.7. The minimum Gasteiger partial charge on any atom is -0.317 e. The van der Waals surface area contributed by atoms with E-state index < -0.39 is 0 Å². The highest BCUT2D eigenvalue weighted by Crippen LogP contribution is 2.55. The van der Waals surface area contributed by atoms with E-state index in [2.05, 4.69) is 219 Å². The second-order valence-corrected chi connectivity index (χ2v) is 19.0. The van der Waals surface area contributed by atoms with Gasteiger partial charge in [0.2, 0.25) is 0 Å². The Labute approximate surface area is 382 Å². The molecule has 14 rings (SSSR count). The molecule has 6 aromatic heterocycles. The Balaban J connectivity index is 1.12. The monoisotopic (exact) mass is 848 g/mol. The second kappa shape index (κ2) is 12.9. The third-order valence-electron chi connectivity index (χ3n) is 16.1. The minimum atomic E-state index is 1.17. The van der Waals surface area contributed by atoms with Gasteiger partial charge in [-0.2, -0.15) is 0 Å². The van der Waals surface area contributed by atoms with E-state index in [1.165, 1.54) is 166 Å². The third kappa shape index (κ3) is 4.44. The quantitative estimate of drug-likeness (QED) is 0.168. The number of nitrogens with zero attached hydrogens (tertiary/aromatic N) is 4. The Morgan fingerprint density at radius 2 is 0.545 bits per heavy atom. The van der Waals surface area contributed by atoms with Gasteiger partial charge in [-0.05, 0) is 148 Å². The predicted molar refractivity (Wildman–Crippen MR) is 281 cm³/mol. The van der Waals surface area contributed by atoms with Crippen molar-refractivity contribution in [2.75, 3.05) is 0 Å². The largest absolute Gasteiger partial charge is 0.317 e. The van der Waals surface area contributed by atoms with Gasteiger partial charge < -0.3 is 17.9 Å². The van der Waals surface area contributed by atoms with Gasteiger partial charge in [0.05, 0.1) is 33.1 Å². The minimum absolute atomic E-state index is 1.17. The van der Waals surface area contributed by atoms with Crippen molar-refractivity contribution in [3.8, 4) is 33.6 Å². The van der Waals surface area contributed by atoms with E-state index in [1.807, 2.05) is 0 Å². The van der Waals surface area contributed by atoms with Crippen LogP contribution in [0.2, 0.25) is 0 Å². The summed E-state index contributed by atoms with van der Waals surface area (Å²) in [5.74, 6) is 0. The predicted octanol–water partition coefficient (Wildman–Crippen LogP) is 16.5. The lowest BCUT2D eigenvalue weighted by molar-refractivity contribution is 1.04. The molecular weight excluding hydrogens is 801 g/mol. The number of hydrogen-bond acceptors (Lipinski definition) is 0. The van der Waals surface area contributed by atoms with Crippen LogP contribution in [0.4, 0.5) is 0 Å². The Morgan fingerprint density at radius 3 is 0.848 bits per heavy atom. The molecule has 0 saturated carbocycles. The molecule has 6 heterocycles. The first kappa shape index (κ1) is 37.5. The van der Waals surface area contributed by atoms with Crippen LogP contribution in [0.3, 0.4) is 0 Å². The fourth-order valence-corrected chi connectivity index (χ4v) is 12.7. The third-order valence-corrected chi connectivity index (χ3v) is 16.1. The molecule has 0 spiro atoms. The van der Waals surface area contributed by atoms with Crippen molar-refractivity contribution in [1.82, 2.24) is 17.9 Å². The van der Waals surface area contributed by atoms with E-state index in [9.17, 15) is 0 Å². The molecule has 0 aliphatic rings. The summed E-state index contributed by atoms with van der Waals surface area (Å²) in [7, 11) is 0. The average Bonchev–Trinajstić information content (AvgIpc) is 4.14. The van der Waals surface area contributed by atoms with Gasteiger partial charge in [0.1, 0.15) is 0 Å². The molecule has 4 nitrogen and oxygen atoms in total. The smallest absolute Gasteiger partial charge is 0.0619 e. The van der Waals surface area contributed by atoms with Crippen molar-refractivity contribution in [3.05, 3.63) is 191 Å². The van der Waals surface area contributed by atoms with Gasteiger partial charge in [0, 0.05) is 88.0 Å². The van der Waals surface area contributed by atoms with Gasteiger partial charge in [0.15, 0.2) is 0 Å². The van der Waals surface area contributed by atoms with Crippen LogP contribution < -0.4 is 0 Å². The summed E-state index contributed by atoms with van der Waals surface area (Å²) >= 11 is 0.